The van der Waals surface area contributed by atoms with E-state index >= 15 is 0 Å². The van der Waals surface area contributed by atoms with Crippen LogP contribution in [0.15, 0.2) is 42.5 Å². The number of aromatic nitrogens is 1. The average molecular weight is 508 g/mol. The predicted octanol–water partition coefficient (Wildman–Crippen LogP) is 5.04. The van der Waals surface area contributed by atoms with Crippen molar-refractivity contribution in [2.75, 3.05) is 26.8 Å². The summed E-state index contributed by atoms with van der Waals surface area (Å²) in [6, 6.07) is 13.4. The van der Waals surface area contributed by atoms with Crippen molar-refractivity contribution in [2.24, 2.45) is 11.3 Å². The highest BCUT2D eigenvalue weighted by atomic mass is 16.5. The molecular formula is C30H41N3O4. The maximum absolute atomic E-state index is 13.9. The van der Waals surface area contributed by atoms with Gasteiger partial charge >= 0.3 is 0 Å². The molecular weight excluding hydrogens is 466 g/mol. The number of amides is 2. The summed E-state index contributed by atoms with van der Waals surface area (Å²) in [5, 5.41) is 3.37. The van der Waals surface area contributed by atoms with Gasteiger partial charge in [0.2, 0.25) is 11.8 Å². The minimum atomic E-state index is -0.464. The van der Waals surface area contributed by atoms with Crippen molar-refractivity contribution in [3.8, 4) is 11.6 Å². The molecule has 0 radical (unpaired) electrons. The lowest BCUT2D eigenvalue weighted by Gasteiger charge is -2.41. The standard InChI is InChI=1S/C30H41N3O4/c1-22(2)20-24-21-37-26-13-7-6-11-23(26)10-5-4-8-15-30(29(35)31-24)16-18-33(19-17-30)28(34)25-12-9-14-27(32-25)36-3/h6-7,9,11-14,22,24H,4-5,8,10,15-21H2,1-3H3,(H,31,35)/t24-/m0/s1. The van der Waals surface area contributed by atoms with Crippen LogP contribution < -0.4 is 14.8 Å². The minimum absolute atomic E-state index is 0.0566. The number of carbonyl (C=O) groups is 2. The number of ether oxygens (including phenoxy) is 2. The molecule has 7 heteroatoms. The average Bonchev–Trinajstić information content (AvgIpc) is 2.92. The Bertz CT molecular complexity index is 1060. The molecule has 0 unspecified atom stereocenters. The van der Waals surface area contributed by atoms with Crippen LogP contribution in [-0.2, 0) is 11.2 Å². The first-order chi connectivity index (χ1) is 17.9. The molecule has 4 rings (SSSR count). The van der Waals surface area contributed by atoms with E-state index in [-0.39, 0.29) is 17.9 Å². The maximum atomic E-state index is 13.9. The van der Waals surface area contributed by atoms with Crippen molar-refractivity contribution in [3.63, 3.8) is 0 Å². The van der Waals surface area contributed by atoms with Crippen molar-refractivity contribution in [2.45, 2.75) is 71.3 Å². The van der Waals surface area contributed by atoms with E-state index in [1.54, 1.807) is 25.3 Å². The number of nitrogens with one attached hydrogen (secondary N) is 1. The van der Waals surface area contributed by atoms with Crippen LogP contribution in [-0.4, -0.2) is 54.5 Å². The SMILES string of the molecule is COc1cccc(C(=O)N2CCC3(CCCCCc4ccccc4OC[C@H](CC(C)C)NC3=O)CC2)n1. The fourth-order valence-electron chi connectivity index (χ4n) is 5.61. The first-order valence-electron chi connectivity index (χ1n) is 13.7. The monoisotopic (exact) mass is 507 g/mol. The molecule has 37 heavy (non-hydrogen) atoms. The summed E-state index contributed by atoms with van der Waals surface area (Å²) < 4.78 is 11.5. The summed E-state index contributed by atoms with van der Waals surface area (Å²) in [4.78, 5) is 33.1. The van der Waals surface area contributed by atoms with E-state index in [1.807, 2.05) is 17.0 Å². The van der Waals surface area contributed by atoms with Gasteiger partial charge in [0.05, 0.1) is 18.6 Å². The Morgan fingerprint density at radius 2 is 1.89 bits per heavy atom. The molecule has 1 aromatic heterocycles. The van der Waals surface area contributed by atoms with Gasteiger partial charge in [0, 0.05) is 19.2 Å². The highest BCUT2D eigenvalue weighted by Gasteiger charge is 2.42. The Kier molecular flexibility index (Phi) is 9.06. The molecule has 2 aliphatic heterocycles. The molecule has 1 saturated heterocycles. The zero-order chi connectivity index (χ0) is 26.3. The molecule has 200 valence electrons. The third kappa shape index (κ3) is 6.82. The number of piperidine rings is 1. The Morgan fingerprint density at radius 1 is 1.11 bits per heavy atom. The number of pyridine rings is 1. The molecule has 2 aromatic rings. The van der Waals surface area contributed by atoms with Gasteiger partial charge in [0.1, 0.15) is 18.1 Å². The number of rotatable bonds is 4. The lowest BCUT2D eigenvalue weighted by atomic mass is 9.73. The first kappa shape index (κ1) is 27.0. The molecule has 0 bridgehead atoms. The summed E-state index contributed by atoms with van der Waals surface area (Å²) in [5.74, 6) is 1.79. The van der Waals surface area contributed by atoms with Gasteiger partial charge in [-0.2, -0.15) is 0 Å². The second-order valence-corrected chi connectivity index (χ2v) is 10.9. The van der Waals surface area contributed by atoms with Crippen LogP contribution in [0.4, 0.5) is 0 Å². The van der Waals surface area contributed by atoms with E-state index in [0.29, 0.717) is 50.0 Å². The molecule has 3 heterocycles. The number of fused-ring (bicyclic) bond motifs is 1. The van der Waals surface area contributed by atoms with E-state index < -0.39 is 5.41 Å². The van der Waals surface area contributed by atoms with Crippen LogP contribution in [0.2, 0.25) is 0 Å². The summed E-state index contributed by atoms with van der Waals surface area (Å²) >= 11 is 0. The topological polar surface area (TPSA) is 80.8 Å². The molecule has 1 fully saturated rings. The summed E-state index contributed by atoms with van der Waals surface area (Å²) in [6.45, 7) is 5.90. The van der Waals surface area contributed by atoms with E-state index in [1.165, 1.54) is 5.56 Å². The number of methoxy groups -OCH3 is 1. The van der Waals surface area contributed by atoms with Gasteiger partial charge in [-0.3, -0.25) is 9.59 Å². The van der Waals surface area contributed by atoms with E-state index in [2.05, 4.69) is 36.3 Å². The Morgan fingerprint density at radius 3 is 2.65 bits per heavy atom. The number of hydrogen-bond acceptors (Lipinski definition) is 5. The van der Waals surface area contributed by atoms with Crippen LogP contribution in [0.1, 0.15) is 74.8 Å². The van der Waals surface area contributed by atoms with Gasteiger partial charge in [-0.25, -0.2) is 4.98 Å². The summed E-state index contributed by atoms with van der Waals surface area (Å²) in [5.41, 5.74) is 1.15. The second-order valence-electron chi connectivity index (χ2n) is 10.9. The lowest BCUT2D eigenvalue weighted by molar-refractivity contribution is -0.135. The second kappa shape index (κ2) is 12.4. The van der Waals surface area contributed by atoms with Crippen LogP contribution in [0.5, 0.6) is 11.6 Å². The number of hydrogen-bond donors (Lipinski definition) is 1. The normalized spacial score (nSPS) is 20.6. The highest BCUT2D eigenvalue weighted by molar-refractivity contribution is 5.93. The maximum Gasteiger partial charge on any atom is 0.272 e. The fraction of sp³-hybridized carbons (Fsp3) is 0.567. The predicted molar refractivity (Wildman–Crippen MR) is 144 cm³/mol. The molecule has 1 atom stereocenters. The van der Waals surface area contributed by atoms with Gasteiger partial charge in [0.25, 0.3) is 5.91 Å². The largest absolute Gasteiger partial charge is 0.491 e. The van der Waals surface area contributed by atoms with Crippen molar-refractivity contribution >= 4 is 11.8 Å². The van der Waals surface area contributed by atoms with Crippen LogP contribution in [0.3, 0.4) is 0 Å². The summed E-state index contributed by atoms with van der Waals surface area (Å²) in [7, 11) is 1.54. The third-order valence-electron chi connectivity index (χ3n) is 7.75. The van der Waals surface area contributed by atoms with Crippen LogP contribution >= 0.6 is 0 Å². The molecule has 2 amide bonds. The molecule has 1 spiro atoms. The molecule has 0 saturated carbocycles. The third-order valence-corrected chi connectivity index (χ3v) is 7.75. The number of para-hydroxylation sites is 1. The van der Waals surface area contributed by atoms with E-state index in [4.69, 9.17) is 9.47 Å². The Labute approximate surface area is 220 Å². The molecule has 7 nitrogen and oxygen atoms in total. The molecule has 2 aliphatic rings. The van der Waals surface area contributed by atoms with Gasteiger partial charge in [-0.05, 0) is 62.1 Å². The van der Waals surface area contributed by atoms with Gasteiger partial charge in [0.15, 0.2) is 0 Å². The lowest BCUT2D eigenvalue weighted by Crippen LogP contribution is -2.53. The van der Waals surface area contributed by atoms with Crippen molar-refractivity contribution < 1.29 is 19.1 Å². The molecule has 0 aliphatic carbocycles. The number of benzene rings is 1. The zero-order valence-corrected chi connectivity index (χ0v) is 22.5. The van der Waals surface area contributed by atoms with Gasteiger partial charge in [-0.1, -0.05) is 51.0 Å². The van der Waals surface area contributed by atoms with E-state index in [9.17, 15) is 9.59 Å². The van der Waals surface area contributed by atoms with Crippen LogP contribution in [0.25, 0.3) is 0 Å². The molecule has 1 aromatic carbocycles. The van der Waals surface area contributed by atoms with Crippen molar-refractivity contribution in [1.29, 1.82) is 0 Å². The zero-order valence-electron chi connectivity index (χ0n) is 22.5. The van der Waals surface area contributed by atoms with Gasteiger partial charge < -0.3 is 19.7 Å². The fourth-order valence-corrected chi connectivity index (χ4v) is 5.61. The van der Waals surface area contributed by atoms with Crippen molar-refractivity contribution in [1.82, 2.24) is 15.2 Å². The number of aryl methyl sites for hydroxylation is 1. The number of carbonyl (C=O) groups excluding carboxylic acids is 2. The smallest absolute Gasteiger partial charge is 0.272 e. The highest BCUT2D eigenvalue weighted by Crippen LogP contribution is 2.38. The van der Waals surface area contributed by atoms with E-state index in [0.717, 1.165) is 44.3 Å². The Hall–Kier alpha value is -3.09. The van der Waals surface area contributed by atoms with Crippen LogP contribution in [0, 0.1) is 11.3 Å². The number of likely N-dealkylation sites (tertiary alicyclic amines) is 1. The molecule has 1 N–H and O–H groups in total. The first-order valence-corrected chi connectivity index (χ1v) is 13.7. The quantitative estimate of drug-likeness (QED) is 0.627. The minimum Gasteiger partial charge on any atom is -0.491 e. The number of nitrogens with zero attached hydrogens (tertiary/aromatic N) is 2. The van der Waals surface area contributed by atoms with Crippen molar-refractivity contribution in [3.05, 3.63) is 53.7 Å². The van der Waals surface area contributed by atoms with Gasteiger partial charge in [-0.15, -0.1) is 0 Å². The Balaban J connectivity index is 1.48. The summed E-state index contributed by atoms with van der Waals surface area (Å²) in [6.07, 6.45) is 7.12.